The van der Waals surface area contributed by atoms with E-state index < -0.39 is 17.9 Å². The number of carbonyl (C=O) groups excluding carboxylic acids is 2. The molecule has 7 heteroatoms. The number of esters is 2. The average molecular weight is 502 g/mol. The van der Waals surface area contributed by atoms with Crippen molar-refractivity contribution < 1.29 is 23.8 Å². The molecule has 0 radical (unpaired) electrons. The van der Waals surface area contributed by atoms with Gasteiger partial charge in [-0.05, 0) is 68.1 Å². The molecule has 0 aliphatic carbocycles. The van der Waals surface area contributed by atoms with Crippen LogP contribution < -0.4 is 4.74 Å². The molecule has 0 fully saturated rings. The number of methoxy groups -OCH3 is 1. The number of nitrogens with zero attached hydrogens (tertiary/aromatic N) is 1. The fourth-order valence-corrected chi connectivity index (χ4v) is 3.98. The minimum absolute atomic E-state index is 0.221. The molecular formula is C25H28BrNO5. The summed E-state index contributed by atoms with van der Waals surface area (Å²) in [6, 6.07) is 14.2. The molecule has 0 N–H and O–H groups in total. The first-order valence-corrected chi connectivity index (χ1v) is 11.5. The predicted octanol–water partition coefficient (Wildman–Crippen LogP) is 5.14. The highest BCUT2D eigenvalue weighted by Crippen LogP contribution is 2.29. The van der Waals surface area contributed by atoms with Crippen LogP contribution in [0.1, 0.15) is 31.4 Å². The van der Waals surface area contributed by atoms with E-state index in [0.717, 1.165) is 26.7 Å². The number of rotatable bonds is 10. The van der Waals surface area contributed by atoms with Crippen molar-refractivity contribution in [3.05, 3.63) is 64.3 Å². The summed E-state index contributed by atoms with van der Waals surface area (Å²) < 4.78 is 18.9. The van der Waals surface area contributed by atoms with E-state index in [4.69, 9.17) is 14.2 Å². The zero-order valence-electron chi connectivity index (χ0n) is 18.6. The fraction of sp³-hybridized carbons (Fsp3) is 0.360. The Morgan fingerprint density at radius 2 is 1.66 bits per heavy atom. The minimum atomic E-state index is -0.939. The van der Waals surface area contributed by atoms with Crippen LogP contribution >= 0.6 is 15.9 Å². The zero-order valence-corrected chi connectivity index (χ0v) is 20.2. The molecule has 32 heavy (non-hydrogen) atoms. The molecule has 0 amide bonds. The summed E-state index contributed by atoms with van der Waals surface area (Å²) >= 11 is 3.47. The number of benzene rings is 2. The van der Waals surface area contributed by atoms with Gasteiger partial charge in [0.2, 0.25) is 0 Å². The Bertz CT molecular complexity index is 1060. The van der Waals surface area contributed by atoms with Crippen LogP contribution in [0.3, 0.4) is 0 Å². The number of fused-ring (bicyclic) bond motifs is 1. The van der Waals surface area contributed by atoms with E-state index in [2.05, 4.69) is 38.8 Å². The predicted molar refractivity (Wildman–Crippen MR) is 127 cm³/mol. The van der Waals surface area contributed by atoms with Crippen LogP contribution in [0.4, 0.5) is 0 Å². The first-order valence-electron chi connectivity index (χ1n) is 10.7. The lowest BCUT2D eigenvalue weighted by atomic mass is 9.99. The molecule has 0 saturated carbocycles. The monoisotopic (exact) mass is 501 g/mol. The van der Waals surface area contributed by atoms with Gasteiger partial charge in [-0.15, -0.1) is 0 Å². The van der Waals surface area contributed by atoms with Crippen LogP contribution in [-0.4, -0.2) is 36.8 Å². The second kappa shape index (κ2) is 11.2. The van der Waals surface area contributed by atoms with E-state index in [1.54, 1.807) is 21.0 Å². The number of ether oxygens (including phenoxy) is 3. The lowest BCUT2D eigenvalue weighted by Gasteiger charge is -2.14. The van der Waals surface area contributed by atoms with Crippen LogP contribution in [0.25, 0.3) is 10.9 Å². The molecule has 0 aliphatic heterocycles. The van der Waals surface area contributed by atoms with Gasteiger partial charge in [0.15, 0.2) is 5.92 Å². The van der Waals surface area contributed by atoms with Crippen molar-refractivity contribution in [2.24, 2.45) is 5.92 Å². The molecular weight excluding hydrogens is 474 g/mol. The molecule has 0 unspecified atom stereocenters. The van der Waals surface area contributed by atoms with Crippen LogP contribution in [0.2, 0.25) is 0 Å². The molecule has 0 saturated heterocycles. The summed E-state index contributed by atoms with van der Waals surface area (Å²) in [5.41, 5.74) is 3.27. The highest BCUT2D eigenvalue weighted by molar-refractivity contribution is 9.10. The molecule has 1 aromatic heterocycles. The van der Waals surface area contributed by atoms with Crippen molar-refractivity contribution in [3.8, 4) is 5.75 Å². The topological polar surface area (TPSA) is 66.8 Å². The maximum Gasteiger partial charge on any atom is 0.320 e. The summed E-state index contributed by atoms with van der Waals surface area (Å²) in [5.74, 6) is -1.26. The van der Waals surface area contributed by atoms with Crippen molar-refractivity contribution in [2.75, 3.05) is 20.3 Å². The van der Waals surface area contributed by atoms with E-state index in [-0.39, 0.29) is 13.2 Å². The molecule has 0 bridgehead atoms. The zero-order chi connectivity index (χ0) is 23.1. The average Bonchev–Trinajstić information content (AvgIpc) is 3.12. The van der Waals surface area contributed by atoms with E-state index in [1.807, 2.05) is 30.3 Å². The lowest BCUT2D eigenvalue weighted by Crippen LogP contribution is -2.28. The van der Waals surface area contributed by atoms with Gasteiger partial charge in [0.25, 0.3) is 0 Å². The highest BCUT2D eigenvalue weighted by Gasteiger charge is 2.29. The summed E-state index contributed by atoms with van der Waals surface area (Å²) in [5, 5.41) is 1.04. The van der Waals surface area contributed by atoms with E-state index in [9.17, 15) is 9.59 Å². The van der Waals surface area contributed by atoms with Crippen molar-refractivity contribution in [1.82, 2.24) is 4.57 Å². The number of aryl methyl sites for hydroxylation is 1. The van der Waals surface area contributed by atoms with Crippen LogP contribution in [0.5, 0.6) is 5.75 Å². The Morgan fingerprint density at radius 1 is 1.00 bits per heavy atom. The van der Waals surface area contributed by atoms with Crippen LogP contribution in [0, 0.1) is 5.92 Å². The van der Waals surface area contributed by atoms with E-state index >= 15 is 0 Å². The number of hydrogen-bond donors (Lipinski definition) is 0. The normalized spacial score (nSPS) is 11.0. The molecule has 0 aliphatic rings. The van der Waals surface area contributed by atoms with E-state index in [1.165, 1.54) is 5.56 Å². The first-order chi connectivity index (χ1) is 15.5. The summed E-state index contributed by atoms with van der Waals surface area (Å²) in [6.07, 6.45) is 2.92. The van der Waals surface area contributed by atoms with Crippen molar-refractivity contribution in [2.45, 2.75) is 33.2 Å². The lowest BCUT2D eigenvalue weighted by molar-refractivity contribution is -0.161. The van der Waals surface area contributed by atoms with Gasteiger partial charge >= 0.3 is 11.9 Å². The van der Waals surface area contributed by atoms with Gasteiger partial charge in [-0.2, -0.15) is 0 Å². The Kier molecular flexibility index (Phi) is 8.33. The fourth-order valence-electron chi connectivity index (χ4n) is 3.71. The van der Waals surface area contributed by atoms with Crippen molar-refractivity contribution in [1.29, 1.82) is 0 Å². The molecule has 6 nitrogen and oxygen atoms in total. The standard InChI is InChI=1S/C25H28BrNO5/c1-4-31-24(28)21(25(29)32-5-2)12-8-18-16-27(15-17-6-9-19(26)10-7-17)23-13-11-20(30-3)14-22(18)23/h6-7,9-11,13-14,16,21H,4-5,8,12,15H2,1-3H3. The minimum Gasteiger partial charge on any atom is -0.497 e. The third-order valence-corrected chi connectivity index (χ3v) is 5.81. The van der Waals surface area contributed by atoms with Gasteiger partial charge in [0, 0.05) is 28.1 Å². The maximum atomic E-state index is 12.4. The summed E-state index contributed by atoms with van der Waals surface area (Å²) in [7, 11) is 1.64. The molecule has 2 aromatic carbocycles. The van der Waals surface area contributed by atoms with Crippen LogP contribution in [-0.2, 0) is 32.0 Å². The third-order valence-electron chi connectivity index (χ3n) is 5.28. The SMILES string of the molecule is CCOC(=O)C(CCc1cn(Cc2ccc(Br)cc2)c2ccc(OC)cc12)C(=O)OCC. The quantitative estimate of drug-likeness (QED) is 0.284. The molecule has 0 spiro atoms. The number of halogens is 1. The second-order valence-electron chi connectivity index (χ2n) is 7.39. The van der Waals surface area contributed by atoms with Gasteiger partial charge in [-0.25, -0.2) is 0 Å². The highest BCUT2D eigenvalue weighted by atomic mass is 79.9. The van der Waals surface area contributed by atoms with Crippen molar-refractivity contribution in [3.63, 3.8) is 0 Å². The van der Waals surface area contributed by atoms with Crippen molar-refractivity contribution >= 4 is 38.8 Å². The molecule has 1 heterocycles. The number of aromatic nitrogens is 1. The van der Waals surface area contributed by atoms with Gasteiger partial charge in [0.05, 0.1) is 20.3 Å². The molecule has 0 atom stereocenters. The smallest absolute Gasteiger partial charge is 0.320 e. The van der Waals surface area contributed by atoms with Gasteiger partial charge in [0.1, 0.15) is 5.75 Å². The molecule has 3 rings (SSSR count). The Hall–Kier alpha value is -2.80. The first kappa shape index (κ1) is 23.9. The number of hydrogen-bond acceptors (Lipinski definition) is 5. The third kappa shape index (κ3) is 5.71. The number of carbonyl (C=O) groups is 2. The summed E-state index contributed by atoms with van der Waals surface area (Å²) in [4.78, 5) is 24.7. The Balaban J connectivity index is 1.91. The van der Waals surface area contributed by atoms with E-state index in [0.29, 0.717) is 19.4 Å². The van der Waals surface area contributed by atoms with Gasteiger partial charge in [-0.1, -0.05) is 28.1 Å². The van der Waals surface area contributed by atoms with Gasteiger partial charge in [-0.3, -0.25) is 9.59 Å². The Labute approximate surface area is 196 Å². The largest absolute Gasteiger partial charge is 0.497 e. The second-order valence-corrected chi connectivity index (χ2v) is 8.30. The molecule has 170 valence electrons. The Morgan fingerprint density at radius 3 is 2.25 bits per heavy atom. The maximum absolute atomic E-state index is 12.4. The summed E-state index contributed by atoms with van der Waals surface area (Å²) in [6.45, 7) is 4.59. The van der Waals surface area contributed by atoms with Gasteiger partial charge < -0.3 is 18.8 Å². The molecule has 3 aromatic rings. The van der Waals surface area contributed by atoms with Crippen LogP contribution in [0.15, 0.2) is 53.1 Å².